The van der Waals surface area contributed by atoms with Crippen LogP contribution in [0.25, 0.3) is 0 Å². The van der Waals surface area contributed by atoms with Crippen LogP contribution in [-0.2, 0) is 19.1 Å². The zero-order valence-electron chi connectivity index (χ0n) is 10.8. The van der Waals surface area contributed by atoms with Crippen molar-refractivity contribution in [3.63, 3.8) is 0 Å². The van der Waals surface area contributed by atoms with Gasteiger partial charge in [-0.25, -0.2) is 0 Å². The fraction of sp³-hybridized carbons (Fsp3) is 0.692. The molecule has 17 heavy (non-hydrogen) atoms. The second kappa shape index (κ2) is 9.87. The Labute approximate surface area is 103 Å². The van der Waals surface area contributed by atoms with Crippen molar-refractivity contribution in [1.82, 2.24) is 0 Å². The zero-order chi connectivity index (χ0) is 13.1. The van der Waals surface area contributed by atoms with Crippen LogP contribution in [0.15, 0.2) is 12.3 Å². The largest absolute Gasteiger partial charge is 0.458 e. The Hall–Kier alpha value is -1.32. The number of unbranched alkanes of at least 4 members (excludes halogenated alkanes) is 2. The second-order valence-corrected chi connectivity index (χ2v) is 3.88. The molecule has 0 aromatic rings. The van der Waals surface area contributed by atoms with Crippen molar-refractivity contribution in [2.75, 3.05) is 6.61 Å². The second-order valence-electron chi connectivity index (χ2n) is 3.88. The van der Waals surface area contributed by atoms with Gasteiger partial charge >= 0.3 is 11.9 Å². The lowest BCUT2D eigenvalue weighted by atomic mass is 10.2. The molecule has 0 aliphatic rings. The molecular formula is C13H22O4. The molecule has 0 radical (unpaired) electrons. The van der Waals surface area contributed by atoms with Crippen molar-refractivity contribution in [1.29, 1.82) is 0 Å². The highest BCUT2D eigenvalue weighted by Crippen LogP contribution is 2.03. The first-order chi connectivity index (χ1) is 8.10. The van der Waals surface area contributed by atoms with Crippen molar-refractivity contribution in [2.45, 2.75) is 52.4 Å². The Morgan fingerprint density at radius 1 is 1.00 bits per heavy atom. The minimum Gasteiger partial charge on any atom is -0.458 e. The van der Waals surface area contributed by atoms with Gasteiger partial charge in [0.1, 0.15) is 12.4 Å². The lowest BCUT2D eigenvalue weighted by Gasteiger charge is -2.08. The van der Waals surface area contributed by atoms with E-state index in [0.29, 0.717) is 12.8 Å². The number of esters is 2. The van der Waals surface area contributed by atoms with E-state index < -0.39 is 0 Å². The van der Waals surface area contributed by atoms with E-state index in [0.717, 1.165) is 25.7 Å². The van der Waals surface area contributed by atoms with Crippen LogP contribution >= 0.6 is 0 Å². The van der Waals surface area contributed by atoms with Crippen molar-refractivity contribution < 1.29 is 19.1 Å². The average Bonchev–Trinajstić information content (AvgIpc) is 2.31. The molecule has 0 aliphatic heterocycles. The number of rotatable bonds is 9. The number of hydrogen-bond donors (Lipinski definition) is 0. The average molecular weight is 242 g/mol. The summed E-state index contributed by atoms with van der Waals surface area (Å²) in [6.45, 7) is 7.49. The van der Waals surface area contributed by atoms with E-state index in [9.17, 15) is 9.59 Å². The van der Waals surface area contributed by atoms with Crippen molar-refractivity contribution in [3.8, 4) is 0 Å². The molecule has 0 saturated heterocycles. The van der Waals surface area contributed by atoms with E-state index in [4.69, 9.17) is 9.47 Å². The maximum absolute atomic E-state index is 11.2. The Morgan fingerprint density at radius 2 is 1.53 bits per heavy atom. The maximum atomic E-state index is 11.2. The predicted molar refractivity (Wildman–Crippen MR) is 65.2 cm³/mol. The number of ether oxygens (including phenoxy) is 2. The Kier molecular flexibility index (Phi) is 9.11. The summed E-state index contributed by atoms with van der Waals surface area (Å²) in [4.78, 5) is 22.4. The van der Waals surface area contributed by atoms with Crippen LogP contribution in [0.4, 0.5) is 0 Å². The van der Waals surface area contributed by atoms with Crippen molar-refractivity contribution >= 4 is 11.9 Å². The summed E-state index contributed by atoms with van der Waals surface area (Å²) in [5.41, 5.74) is 0. The van der Waals surface area contributed by atoms with Gasteiger partial charge in [-0.1, -0.05) is 33.3 Å². The lowest BCUT2D eigenvalue weighted by Crippen LogP contribution is -2.11. The van der Waals surface area contributed by atoms with Crippen LogP contribution in [-0.4, -0.2) is 18.5 Å². The topological polar surface area (TPSA) is 52.6 Å². The van der Waals surface area contributed by atoms with E-state index in [1.54, 1.807) is 0 Å². The maximum Gasteiger partial charge on any atom is 0.310 e. The summed E-state index contributed by atoms with van der Waals surface area (Å²) >= 11 is 0. The van der Waals surface area contributed by atoms with Crippen LogP contribution in [0.3, 0.4) is 0 Å². The summed E-state index contributed by atoms with van der Waals surface area (Å²) in [5, 5.41) is 0. The minimum atomic E-state index is -0.318. The molecule has 0 saturated carbocycles. The van der Waals surface area contributed by atoms with Crippen LogP contribution < -0.4 is 0 Å². The zero-order valence-corrected chi connectivity index (χ0v) is 10.8. The summed E-state index contributed by atoms with van der Waals surface area (Å²) in [5.74, 6) is -0.407. The molecule has 4 heteroatoms. The van der Waals surface area contributed by atoms with Crippen LogP contribution in [0.2, 0.25) is 0 Å². The van der Waals surface area contributed by atoms with E-state index in [-0.39, 0.29) is 24.3 Å². The SMILES string of the molecule is C=C(COC(=O)CCCC)OC(=O)CCCC. The normalized spacial score (nSPS) is 9.76. The standard InChI is InChI=1S/C13H22O4/c1-4-6-8-12(14)16-10-11(3)17-13(15)9-7-5-2/h3-10H2,1-2H3. The third-order valence-electron chi connectivity index (χ3n) is 2.12. The first-order valence-corrected chi connectivity index (χ1v) is 6.14. The monoisotopic (exact) mass is 242 g/mol. The summed E-state index contributed by atoms with van der Waals surface area (Å²) in [7, 11) is 0. The third kappa shape index (κ3) is 9.60. The van der Waals surface area contributed by atoms with Gasteiger partial charge in [-0.15, -0.1) is 0 Å². The fourth-order valence-electron chi connectivity index (χ4n) is 1.12. The molecule has 0 heterocycles. The molecule has 0 rings (SSSR count). The Balaban J connectivity index is 3.65. The molecule has 0 atom stereocenters. The molecule has 0 fully saturated rings. The van der Waals surface area contributed by atoms with Crippen LogP contribution in [0.5, 0.6) is 0 Å². The number of hydrogen-bond acceptors (Lipinski definition) is 4. The molecule has 0 aliphatic carbocycles. The molecular weight excluding hydrogens is 220 g/mol. The van der Waals surface area contributed by atoms with Crippen LogP contribution in [0.1, 0.15) is 52.4 Å². The lowest BCUT2D eigenvalue weighted by molar-refractivity contribution is -0.147. The smallest absolute Gasteiger partial charge is 0.310 e. The minimum absolute atomic E-state index is 0.0413. The quantitative estimate of drug-likeness (QED) is 0.460. The van der Waals surface area contributed by atoms with Gasteiger partial charge in [0.05, 0.1) is 0 Å². The van der Waals surface area contributed by atoms with Gasteiger partial charge in [0.2, 0.25) is 0 Å². The molecule has 0 unspecified atom stereocenters. The molecule has 4 nitrogen and oxygen atoms in total. The van der Waals surface area contributed by atoms with Gasteiger partial charge in [0.15, 0.2) is 0 Å². The van der Waals surface area contributed by atoms with Crippen molar-refractivity contribution in [2.24, 2.45) is 0 Å². The molecule has 98 valence electrons. The summed E-state index contributed by atoms with van der Waals surface area (Å²) in [6.07, 6.45) is 4.26. The van der Waals surface area contributed by atoms with E-state index in [1.165, 1.54) is 0 Å². The molecule has 0 N–H and O–H groups in total. The molecule has 0 spiro atoms. The van der Waals surface area contributed by atoms with E-state index in [1.807, 2.05) is 13.8 Å². The van der Waals surface area contributed by atoms with E-state index in [2.05, 4.69) is 6.58 Å². The predicted octanol–water partition coefficient (Wildman–Crippen LogP) is 2.97. The first kappa shape index (κ1) is 15.7. The van der Waals surface area contributed by atoms with Gasteiger partial charge in [-0.2, -0.15) is 0 Å². The highest BCUT2D eigenvalue weighted by Gasteiger charge is 2.07. The Morgan fingerprint density at radius 3 is 2.06 bits per heavy atom. The van der Waals surface area contributed by atoms with Gasteiger partial charge in [0.25, 0.3) is 0 Å². The van der Waals surface area contributed by atoms with Gasteiger partial charge in [-0.05, 0) is 12.8 Å². The molecule has 0 aromatic heterocycles. The van der Waals surface area contributed by atoms with E-state index >= 15 is 0 Å². The summed E-state index contributed by atoms with van der Waals surface area (Å²) in [6, 6.07) is 0. The molecule has 0 amide bonds. The Bertz CT molecular complexity index is 258. The van der Waals surface area contributed by atoms with Gasteiger partial charge in [-0.3, -0.25) is 9.59 Å². The molecule has 0 bridgehead atoms. The fourth-order valence-corrected chi connectivity index (χ4v) is 1.12. The number of carbonyl (C=O) groups is 2. The first-order valence-electron chi connectivity index (χ1n) is 6.14. The highest BCUT2D eigenvalue weighted by molar-refractivity contribution is 5.71. The molecule has 0 aromatic carbocycles. The van der Waals surface area contributed by atoms with Crippen LogP contribution in [0, 0.1) is 0 Å². The highest BCUT2D eigenvalue weighted by atomic mass is 16.6. The van der Waals surface area contributed by atoms with Gasteiger partial charge in [0, 0.05) is 12.8 Å². The van der Waals surface area contributed by atoms with Gasteiger partial charge < -0.3 is 9.47 Å². The summed E-state index contributed by atoms with van der Waals surface area (Å²) < 4.78 is 9.79. The number of carbonyl (C=O) groups excluding carboxylic acids is 2. The third-order valence-corrected chi connectivity index (χ3v) is 2.12. The van der Waals surface area contributed by atoms with Crippen molar-refractivity contribution in [3.05, 3.63) is 12.3 Å².